The molecular weight excluding hydrogens is 494 g/mol. The van der Waals surface area contributed by atoms with Gasteiger partial charge in [0, 0.05) is 17.1 Å². The van der Waals surface area contributed by atoms with Crippen LogP contribution < -0.4 is 4.90 Å². The van der Waals surface area contributed by atoms with Crippen molar-refractivity contribution in [2.24, 2.45) is 0 Å². The summed E-state index contributed by atoms with van der Waals surface area (Å²) in [6, 6.07) is 42.1. The number of anilines is 3. The lowest BCUT2D eigenvalue weighted by molar-refractivity contribution is 0.685. The van der Waals surface area contributed by atoms with Crippen molar-refractivity contribution in [2.45, 2.75) is 39.5 Å². The molecule has 5 aromatic rings. The minimum atomic E-state index is 1.16. The minimum absolute atomic E-state index is 1.16. The van der Waals surface area contributed by atoms with Crippen molar-refractivity contribution in [3.05, 3.63) is 160 Å². The zero-order valence-electron chi connectivity index (χ0n) is 24.1. The highest BCUT2D eigenvalue weighted by Crippen LogP contribution is 2.37. The summed E-state index contributed by atoms with van der Waals surface area (Å²) < 4.78 is 0. The Bertz CT molecular complexity index is 1550. The van der Waals surface area contributed by atoms with E-state index in [4.69, 9.17) is 0 Å². The first-order valence-corrected chi connectivity index (χ1v) is 14.7. The third kappa shape index (κ3) is 6.58. The van der Waals surface area contributed by atoms with Gasteiger partial charge in [-0.3, -0.25) is 0 Å². The quantitative estimate of drug-likeness (QED) is 0.189. The minimum Gasteiger partial charge on any atom is -0.310 e. The summed E-state index contributed by atoms with van der Waals surface area (Å²) in [6.07, 6.45) is 13.7. The number of benzene rings is 5. The Morgan fingerprint density at radius 2 is 0.780 bits per heavy atom. The fourth-order valence-electron chi connectivity index (χ4n) is 5.52. The monoisotopic (exact) mass is 531 g/mol. The maximum absolute atomic E-state index is 2.41. The average Bonchev–Trinajstić information content (AvgIpc) is 3.02. The second-order valence-corrected chi connectivity index (χ2v) is 11.2. The molecule has 0 saturated carbocycles. The van der Waals surface area contributed by atoms with Crippen molar-refractivity contribution < 1.29 is 0 Å². The van der Waals surface area contributed by atoms with Crippen LogP contribution in [0.15, 0.2) is 115 Å². The van der Waals surface area contributed by atoms with Crippen molar-refractivity contribution in [1.29, 1.82) is 0 Å². The molecule has 0 aliphatic heterocycles. The molecule has 5 aromatic carbocycles. The van der Waals surface area contributed by atoms with Gasteiger partial charge in [0.1, 0.15) is 0 Å². The second kappa shape index (κ2) is 12.3. The van der Waals surface area contributed by atoms with E-state index in [1.165, 1.54) is 75.9 Å². The van der Waals surface area contributed by atoms with Crippen LogP contribution in [0.2, 0.25) is 0 Å². The predicted molar refractivity (Wildman–Crippen MR) is 178 cm³/mol. The molecular formula is C40H37N. The van der Waals surface area contributed by atoms with Crippen LogP contribution in [0.25, 0.3) is 24.3 Å². The zero-order chi connectivity index (χ0) is 28.0. The first-order chi connectivity index (χ1) is 20.1. The van der Waals surface area contributed by atoms with Crippen molar-refractivity contribution in [3.63, 3.8) is 0 Å². The van der Waals surface area contributed by atoms with Crippen molar-refractivity contribution in [2.75, 3.05) is 4.90 Å². The number of hydrogen-bond acceptors (Lipinski definition) is 1. The molecule has 41 heavy (non-hydrogen) atoms. The molecule has 0 fully saturated rings. The first kappa shape index (κ1) is 26.6. The van der Waals surface area contributed by atoms with Gasteiger partial charge in [0.2, 0.25) is 0 Å². The molecule has 0 saturated heterocycles. The van der Waals surface area contributed by atoms with E-state index in [1.54, 1.807) is 0 Å². The molecule has 0 bridgehead atoms. The Kier molecular flexibility index (Phi) is 7.96. The predicted octanol–water partition coefficient (Wildman–Crippen LogP) is 11.0. The van der Waals surface area contributed by atoms with E-state index in [9.17, 15) is 0 Å². The van der Waals surface area contributed by atoms with Crippen LogP contribution in [0.1, 0.15) is 57.3 Å². The molecule has 0 heterocycles. The maximum Gasteiger partial charge on any atom is 0.0464 e. The van der Waals surface area contributed by atoms with Gasteiger partial charge >= 0.3 is 0 Å². The largest absolute Gasteiger partial charge is 0.310 e. The number of rotatable bonds is 7. The Morgan fingerprint density at radius 3 is 1.22 bits per heavy atom. The van der Waals surface area contributed by atoms with Gasteiger partial charge in [0.15, 0.2) is 0 Å². The molecule has 202 valence electrons. The summed E-state index contributed by atoms with van der Waals surface area (Å²) in [5.41, 5.74) is 13.9. The highest BCUT2D eigenvalue weighted by Gasteiger charge is 2.16. The van der Waals surface area contributed by atoms with Gasteiger partial charge in [-0.15, -0.1) is 0 Å². The maximum atomic E-state index is 2.41. The third-order valence-corrected chi connectivity index (χ3v) is 7.98. The smallest absolute Gasteiger partial charge is 0.0464 e. The standard InChI is InChI=1S/C40H37N/c1-30-7-11-32(12-8-30)15-17-34-19-24-38(25-20-34)41(40-28-23-36-5-3-4-6-37(36)29-40)39-26-21-35(22-27-39)18-16-33-13-9-31(2)10-14-33/h7-29H,3-6H2,1-2H3. The number of nitrogens with zero attached hydrogens (tertiary/aromatic N) is 1. The summed E-state index contributed by atoms with van der Waals surface area (Å²) in [6.45, 7) is 4.24. The summed E-state index contributed by atoms with van der Waals surface area (Å²) >= 11 is 0. The van der Waals surface area contributed by atoms with E-state index < -0.39 is 0 Å². The van der Waals surface area contributed by atoms with Crippen LogP contribution in [-0.2, 0) is 12.8 Å². The molecule has 0 spiro atoms. The molecule has 6 rings (SSSR count). The lowest BCUT2D eigenvalue weighted by Gasteiger charge is -2.27. The molecule has 0 amide bonds. The van der Waals surface area contributed by atoms with Gasteiger partial charge in [0.25, 0.3) is 0 Å². The molecule has 0 unspecified atom stereocenters. The molecule has 1 heteroatoms. The van der Waals surface area contributed by atoms with E-state index >= 15 is 0 Å². The number of aryl methyl sites for hydroxylation is 4. The lowest BCUT2D eigenvalue weighted by atomic mass is 9.91. The Labute approximate surface area is 245 Å². The topological polar surface area (TPSA) is 3.24 Å². The van der Waals surface area contributed by atoms with Gasteiger partial charge in [-0.1, -0.05) is 114 Å². The zero-order valence-corrected chi connectivity index (χ0v) is 24.1. The molecule has 0 aromatic heterocycles. The Balaban J connectivity index is 1.29. The first-order valence-electron chi connectivity index (χ1n) is 14.7. The van der Waals surface area contributed by atoms with Gasteiger partial charge < -0.3 is 4.90 Å². The van der Waals surface area contributed by atoms with E-state index in [0.29, 0.717) is 0 Å². The van der Waals surface area contributed by atoms with Crippen LogP contribution in [0.3, 0.4) is 0 Å². The van der Waals surface area contributed by atoms with Crippen LogP contribution in [-0.4, -0.2) is 0 Å². The summed E-state index contributed by atoms with van der Waals surface area (Å²) in [5, 5.41) is 0. The summed E-state index contributed by atoms with van der Waals surface area (Å²) in [5.74, 6) is 0. The van der Waals surface area contributed by atoms with Crippen molar-refractivity contribution in [3.8, 4) is 0 Å². The third-order valence-electron chi connectivity index (χ3n) is 7.98. The normalized spacial score (nSPS) is 13.0. The van der Waals surface area contributed by atoms with Gasteiger partial charge in [-0.25, -0.2) is 0 Å². The number of fused-ring (bicyclic) bond motifs is 1. The lowest BCUT2D eigenvalue weighted by Crippen LogP contribution is -2.12. The van der Waals surface area contributed by atoms with Gasteiger partial charge in [-0.2, -0.15) is 0 Å². The number of hydrogen-bond donors (Lipinski definition) is 0. The van der Waals surface area contributed by atoms with E-state index in [-0.39, 0.29) is 0 Å². The molecule has 1 aliphatic rings. The van der Waals surface area contributed by atoms with Crippen LogP contribution in [0.4, 0.5) is 17.1 Å². The molecule has 1 nitrogen and oxygen atoms in total. The molecule has 0 N–H and O–H groups in total. The Hall–Kier alpha value is -4.62. The Morgan fingerprint density at radius 1 is 0.415 bits per heavy atom. The summed E-state index contributed by atoms with van der Waals surface area (Å²) in [4.78, 5) is 2.38. The van der Waals surface area contributed by atoms with Gasteiger partial charge in [0.05, 0.1) is 0 Å². The van der Waals surface area contributed by atoms with Crippen LogP contribution in [0, 0.1) is 13.8 Å². The summed E-state index contributed by atoms with van der Waals surface area (Å²) in [7, 11) is 0. The average molecular weight is 532 g/mol. The highest BCUT2D eigenvalue weighted by atomic mass is 15.1. The van der Waals surface area contributed by atoms with Crippen LogP contribution >= 0.6 is 0 Å². The van der Waals surface area contributed by atoms with Gasteiger partial charge in [-0.05, 0) is 109 Å². The van der Waals surface area contributed by atoms with E-state index in [1.807, 2.05) is 0 Å². The second-order valence-electron chi connectivity index (χ2n) is 11.2. The van der Waals surface area contributed by atoms with E-state index in [2.05, 4.69) is 158 Å². The van der Waals surface area contributed by atoms with E-state index in [0.717, 1.165) is 11.4 Å². The molecule has 1 aliphatic carbocycles. The van der Waals surface area contributed by atoms with Crippen molar-refractivity contribution >= 4 is 41.4 Å². The SMILES string of the molecule is Cc1ccc(C=Cc2ccc(N(c3ccc(C=Cc4ccc(C)cc4)cc3)c3ccc4c(c3)CCCC4)cc2)cc1. The van der Waals surface area contributed by atoms with Crippen molar-refractivity contribution in [1.82, 2.24) is 0 Å². The molecule has 0 atom stereocenters. The highest BCUT2D eigenvalue weighted by molar-refractivity contribution is 5.80. The molecule has 0 radical (unpaired) electrons. The van der Waals surface area contributed by atoms with Crippen LogP contribution in [0.5, 0.6) is 0 Å². The fourth-order valence-corrected chi connectivity index (χ4v) is 5.52. The fraction of sp³-hybridized carbons (Fsp3) is 0.150.